The predicted octanol–water partition coefficient (Wildman–Crippen LogP) is 4.60. The average Bonchev–Trinajstić information content (AvgIpc) is 2.16. The maximum Gasteiger partial charge on any atom is 0.241 e. The van der Waals surface area contributed by atoms with Crippen molar-refractivity contribution in [2.45, 2.75) is 53.4 Å². The van der Waals surface area contributed by atoms with Crippen molar-refractivity contribution >= 4 is 0 Å². The van der Waals surface area contributed by atoms with Crippen molar-refractivity contribution in [2.75, 3.05) is 0 Å². The Bertz CT molecular complexity index is 171. The van der Waals surface area contributed by atoms with E-state index in [4.69, 9.17) is 0 Å². The minimum absolute atomic E-state index is 0.221. The van der Waals surface area contributed by atoms with Crippen LogP contribution in [-0.2, 0) is 0 Å². The molecule has 1 fully saturated rings. The van der Waals surface area contributed by atoms with Crippen LogP contribution in [0.5, 0.6) is 0 Å². The van der Waals surface area contributed by atoms with Gasteiger partial charge in [0.05, 0.1) is 0 Å². The van der Waals surface area contributed by atoms with Gasteiger partial charge >= 0.3 is 0 Å². The van der Waals surface area contributed by atoms with E-state index in [0.29, 0.717) is 17.8 Å². The summed E-state index contributed by atoms with van der Waals surface area (Å²) in [6.45, 7) is 8.54. The van der Waals surface area contributed by atoms with Crippen LogP contribution in [0.15, 0.2) is 0 Å². The van der Waals surface area contributed by atoms with E-state index in [9.17, 15) is 8.78 Å². The van der Waals surface area contributed by atoms with E-state index in [2.05, 4.69) is 27.7 Å². The summed E-state index contributed by atoms with van der Waals surface area (Å²) in [7, 11) is 0. The first kappa shape index (κ1) is 12.9. The first-order chi connectivity index (χ1) is 6.95. The molecule has 0 radical (unpaired) electrons. The molecule has 0 spiro atoms. The van der Waals surface area contributed by atoms with E-state index in [-0.39, 0.29) is 11.8 Å². The van der Waals surface area contributed by atoms with Gasteiger partial charge in [-0.15, -0.1) is 0 Å². The van der Waals surface area contributed by atoms with Crippen LogP contribution < -0.4 is 0 Å². The van der Waals surface area contributed by atoms with Crippen LogP contribution in [0.25, 0.3) is 0 Å². The molecule has 0 bridgehead atoms. The van der Waals surface area contributed by atoms with Crippen LogP contribution in [0.4, 0.5) is 8.78 Å². The van der Waals surface area contributed by atoms with Crippen LogP contribution in [0.1, 0.15) is 47.0 Å². The molecular weight excluding hydrogens is 194 g/mol. The molecule has 0 N–H and O–H groups in total. The highest BCUT2D eigenvalue weighted by atomic mass is 19.3. The van der Waals surface area contributed by atoms with Crippen molar-refractivity contribution in [1.29, 1.82) is 0 Å². The van der Waals surface area contributed by atoms with E-state index in [1.54, 1.807) is 0 Å². The Morgan fingerprint density at radius 2 is 1.40 bits per heavy atom. The van der Waals surface area contributed by atoms with Crippen molar-refractivity contribution in [3.05, 3.63) is 0 Å². The van der Waals surface area contributed by atoms with Gasteiger partial charge in [-0.05, 0) is 36.5 Å². The average molecular weight is 218 g/mol. The lowest BCUT2D eigenvalue weighted by Crippen LogP contribution is -2.38. The molecule has 2 heteroatoms. The Balaban J connectivity index is 2.80. The third-order valence-corrected chi connectivity index (χ3v) is 4.01. The summed E-state index contributed by atoms with van der Waals surface area (Å²) in [5, 5.41) is 0. The molecule has 90 valence electrons. The fourth-order valence-electron chi connectivity index (χ4n) is 3.35. The zero-order valence-corrected chi connectivity index (χ0v) is 10.3. The van der Waals surface area contributed by atoms with Crippen molar-refractivity contribution in [3.63, 3.8) is 0 Å². The second kappa shape index (κ2) is 5.27. The van der Waals surface area contributed by atoms with Gasteiger partial charge in [0.1, 0.15) is 0 Å². The lowest BCUT2D eigenvalue weighted by molar-refractivity contribution is -0.0313. The lowest BCUT2D eigenvalue weighted by Gasteiger charge is -2.42. The van der Waals surface area contributed by atoms with Gasteiger partial charge in [-0.1, -0.05) is 34.1 Å². The van der Waals surface area contributed by atoms with Crippen molar-refractivity contribution in [1.82, 2.24) is 0 Å². The molecule has 1 aliphatic carbocycles. The minimum atomic E-state index is -2.13. The molecule has 3 atom stereocenters. The molecule has 0 heterocycles. The van der Waals surface area contributed by atoms with Crippen LogP contribution in [0, 0.1) is 29.6 Å². The molecule has 1 aliphatic rings. The third-order valence-electron chi connectivity index (χ3n) is 4.01. The van der Waals surface area contributed by atoms with Crippen molar-refractivity contribution in [3.8, 4) is 0 Å². The highest BCUT2D eigenvalue weighted by Gasteiger charge is 2.40. The SMILES string of the molecule is CC(C)C1CCCC(C(F)F)C1C(C)C. The number of hydrogen-bond donors (Lipinski definition) is 0. The Kier molecular flexibility index (Phi) is 4.54. The molecule has 3 unspecified atom stereocenters. The number of alkyl halides is 2. The van der Waals surface area contributed by atoms with Gasteiger partial charge < -0.3 is 0 Å². The van der Waals surface area contributed by atoms with Gasteiger partial charge in [0.2, 0.25) is 6.43 Å². The molecule has 15 heavy (non-hydrogen) atoms. The highest BCUT2D eigenvalue weighted by Crippen LogP contribution is 2.45. The number of hydrogen-bond acceptors (Lipinski definition) is 0. The highest BCUT2D eigenvalue weighted by molar-refractivity contribution is 4.86. The van der Waals surface area contributed by atoms with Crippen LogP contribution in [-0.4, -0.2) is 6.43 Å². The van der Waals surface area contributed by atoms with Gasteiger partial charge in [-0.25, -0.2) is 8.78 Å². The second-order valence-corrected chi connectivity index (χ2v) is 5.66. The molecule has 0 aromatic heterocycles. The number of halogens is 2. The predicted molar refractivity (Wildman–Crippen MR) is 60.0 cm³/mol. The summed E-state index contributed by atoms with van der Waals surface area (Å²) in [5.74, 6) is 1.29. The quantitative estimate of drug-likeness (QED) is 0.649. The molecule has 0 amide bonds. The van der Waals surface area contributed by atoms with Crippen LogP contribution in [0.2, 0.25) is 0 Å². The summed E-state index contributed by atoms with van der Waals surface area (Å²) >= 11 is 0. The fraction of sp³-hybridized carbons (Fsp3) is 1.00. The fourth-order valence-corrected chi connectivity index (χ4v) is 3.35. The Labute approximate surface area is 92.4 Å². The summed E-state index contributed by atoms with van der Waals surface area (Å²) < 4.78 is 25.9. The maximum atomic E-state index is 13.0. The molecule has 0 aromatic carbocycles. The van der Waals surface area contributed by atoms with Crippen LogP contribution in [0.3, 0.4) is 0 Å². The zero-order chi connectivity index (χ0) is 11.6. The van der Waals surface area contributed by atoms with Gasteiger partial charge in [0.15, 0.2) is 0 Å². The van der Waals surface area contributed by atoms with Crippen molar-refractivity contribution < 1.29 is 8.78 Å². The minimum Gasteiger partial charge on any atom is -0.210 e. The Morgan fingerprint density at radius 1 is 0.867 bits per heavy atom. The molecular formula is C13H24F2. The molecule has 0 aromatic rings. The van der Waals surface area contributed by atoms with Crippen LogP contribution >= 0.6 is 0 Å². The maximum absolute atomic E-state index is 13.0. The first-order valence-electron chi connectivity index (χ1n) is 6.23. The molecule has 0 saturated heterocycles. The van der Waals surface area contributed by atoms with Gasteiger partial charge in [0, 0.05) is 5.92 Å². The second-order valence-electron chi connectivity index (χ2n) is 5.66. The monoisotopic (exact) mass is 218 g/mol. The van der Waals surface area contributed by atoms with E-state index in [0.717, 1.165) is 19.3 Å². The smallest absolute Gasteiger partial charge is 0.210 e. The van der Waals surface area contributed by atoms with E-state index < -0.39 is 6.43 Å². The van der Waals surface area contributed by atoms with E-state index in [1.165, 1.54) is 0 Å². The van der Waals surface area contributed by atoms with E-state index >= 15 is 0 Å². The van der Waals surface area contributed by atoms with Gasteiger partial charge in [-0.3, -0.25) is 0 Å². The molecule has 1 rings (SSSR count). The van der Waals surface area contributed by atoms with Crippen molar-refractivity contribution in [2.24, 2.45) is 29.6 Å². The van der Waals surface area contributed by atoms with Gasteiger partial charge in [0.25, 0.3) is 0 Å². The normalized spacial score (nSPS) is 33.0. The topological polar surface area (TPSA) is 0 Å². The summed E-state index contributed by atoms with van der Waals surface area (Å²) in [6.07, 6.45) is 0.730. The molecule has 0 nitrogen and oxygen atoms in total. The number of rotatable bonds is 3. The molecule has 1 saturated carbocycles. The van der Waals surface area contributed by atoms with E-state index in [1.807, 2.05) is 0 Å². The summed E-state index contributed by atoms with van der Waals surface area (Å²) in [4.78, 5) is 0. The molecule has 0 aliphatic heterocycles. The summed E-state index contributed by atoms with van der Waals surface area (Å²) in [5.41, 5.74) is 0. The summed E-state index contributed by atoms with van der Waals surface area (Å²) in [6, 6.07) is 0. The Hall–Kier alpha value is -0.140. The largest absolute Gasteiger partial charge is 0.241 e. The lowest BCUT2D eigenvalue weighted by atomic mass is 9.64. The van der Waals surface area contributed by atoms with Gasteiger partial charge in [-0.2, -0.15) is 0 Å². The standard InChI is InChI=1S/C13H24F2/c1-8(2)10-6-5-7-11(13(14)15)12(10)9(3)4/h8-13H,5-7H2,1-4H3. The third kappa shape index (κ3) is 2.92. The first-order valence-corrected chi connectivity index (χ1v) is 6.23. The zero-order valence-electron chi connectivity index (χ0n) is 10.3. The Morgan fingerprint density at radius 3 is 1.80 bits per heavy atom.